The molecule has 1 rings (SSSR count). The topological polar surface area (TPSA) is 29.3 Å². The third-order valence-electron chi connectivity index (χ3n) is 2.85. The predicted molar refractivity (Wildman–Crippen MR) is 57.7 cm³/mol. The minimum Gasteiger partial charge on any atom is -0.327 e. The van der Waals surface area contributed by atoms with Crippen molar-refractivity contribution in [1.29, 1.82) is 0 Å². The first-order chi connectivity index (χ1) is 6.25. The number of hydrogen-bond acceptors (Lipinski definition) is 2. The summed E-state index contributed by atoms with van der Waals surface area (Å²) in [5, 5.41) is 0. The molecule has 0 saturated carbocycles. The zero-order chi connectivity index (χ0) is 9.68. The summed E-state index contributed by atoms with van der Waals surface area (Å²) >= 11 is 0. The average Bonchev–Trinajstić information content (AvgIpc) is 2.15. The molecule has 0 amide bonds. The van der Waals surface area contributed by atoms with Gasteiger partial charge in [-0.3, -0.25) is 4.90 Å². The van der Waals surface area contributed by atoms with Gasteiger partial charge in [-0.05, 0) is 33.2 Å². The van der Waals surface area contributed by atoms with Crippen LogP contribution in [0.25, 0.3) is 0 Å². The lowest BCUT2D eigenvalue weighted by Gasteiger charge is -2.37. The third kappa shape index (κ3) is 3.12. The van der Waals surface area contributed by atoms with E-state index < -0.39 is 0 Å². The highest BCUT2D eigenvalue weighted by molar-refractivity contribution is 4.89. The number of hydrogen-bond donors (Lipinski definition) is 1. The van der Waals surface area contributed by atoms with Gasteiger partial charge in [0.15, 0.2) is 0 Å². The average molecular weight is 182 g/mol. The Labute approximate surface area is 81.8 Å². The van der Waals surface area contributed by atoms with Crippen molar-refractivity contribution in [1.82, 2.24) is 4.90 Å². The quantitative estimate of drug-likeness (QED) is 0.674. The molecule has 0 spiro atoms. The number of piperidine rings is 1. The van der Waals surface area contributed by atoms with Crippen LogP contribution in [0.3, 0.4) is 0 Å². The van der Waals surface area contributed by atoms with E-state index in [0.717, 1.165) is 6.54 Å². The fourth-order valence-corrected chi connectivity index (χ4v) is 2.08. The molecule has 1 heterocycles. The summed E-state index contributed by atoms with van der Waals surface area (Å²) in [6, 6.07) is 0.913. The number of allylic oxidation sites excluding steroid dienone is 1. The van der Waals surface area contributed by atoms with Crippen LogP contribution in [0.15, 0.2) is 12.2 Å². The van der Waals surface area contributed by atoms with E-state index in [0.29, 0.717) is 12.1 Å². The Balaban J connectivity index is 2.46. The normalized spacial score (nSPS) is 28.1. The van der Waals surface area contributed by atoms with E-state index in [1.165, 1.54) is 25.8 Å². The molecule has 2 nitrogen and oxygen atoms in total. The molecule has 2 heteroatoms. The Morgan fingerprint density at radius 3 is 2.92 bits per heavy atom. The van der Waals surface area contributed by atoms with E-state index in [1.807, 2.05) is 0 Å². The molecule has 1 saturated heterocycles. The van der Waals surface area contributed by atoms with Gasteiger partial charge >= 0.3 is 0 Å². The molecule has 0 bridgehead atoms. The van der Waals surface area contributed by atoms with Crippen LogP contribution < -0.4 is 5.73 Å². The van der Waals surface area contributed by atoms with E-state index in [-0.39, 0.29) is 0 Å². The van der Waals surface area contributed by atoms with Crippen molar-refractivity contribution >= 4 is 0 Å². The van der Waals surface area contributed by atoms with Gasteiger partial charge in [0.1, 0.15) is 0 Å². The molecule has 0 aromatic heterocycles. The highest BCUT2D eigenvalue weighted by Gasteiger charge is 2.23. The third-order valence-corrected chi connectivity index (χ3v) is 2.85. The standard InChI is InChI=1S/C11H22N2/c1-3-4-8-13-9-6-5-7-11(13)10(2)12/h3-4,10-11H,5-9,12H2,1-2H3/b4-3+. The lowest BCUT2D eigenvalue weighted by molar-refractivity contribution is 0.146. The Bertz CT molecular complexity index is 163. The monoisotopic (exact) mass is 182 g/mol. The molecule has 0 radical (unpaired) electrons. The molecule has 2 unspecified atom stereocenters. The summed E-state index contributed by atoms with van der Waals surface area (Å²) in [5.41, 5.74) is 5.96. The van der Waals surface area contributed by atoms with Gasteiger partial charge in [0, 0.05) is 18.6 Å². The summed E-state index contributed by atoms with van der Waals surface area (Å²) < 4.78 is 0. The minimum absolute atomic E-state index is 0.311. The molecule has 1 fully saturated rings. The van der Waals surface area contributed by atoms with Crippen molar-refractivity contribution in [2.75, 3.05) is 13.1 Å². The molecular weight excluding hydrogens is 160 g/mol. The molecule has 1 aliphatic rings. The number of nitrogens with zero attached hydrogens (tertiary/aromatic N) is 1. The van der Waals surface area contributed by atoms with Crippen LogP contribution in [0.2, 0.25) is 0 Å². The molecular formula is C11H22N2. The van der Waals surface area contributed by atoms with Crippen molar-refractivity contribution in [3.05, 3.63) is 12.2 Å². The predicted octanol–water partition coefficient (Wildman–Crippen LogP) is 1.76. The van der Waals surface area contributed by atoms with Gasteiger partial charge in [0.25, 0.3) is 0 Å². The summed E-state index contributed by atoms with van der Waals surface area (Å²) in [6.45, 7) is 6.49. The highest BCUT2D eigenvalue weighted by atomic mass is 15.2. The maximum absolute atomic E-state index is 5.96. The van der Waals surface area contributed by atoms with Gasteiger partial charge in [0.2, 0.25) is 0 Å². The van der Waals surface area contributed by atoms with Gasteiger partial charge in [-0.1, -0.05) is 18.6 Å². The van der Waals surface area contributed by atoms with Crippen molar-refractivity contribution in [2.24, 2.45) is 5.73 Å². The smallest absolute Gasteiger partial charge is 0.0247 e. The molecule has 0 aromatic rings. The van der Waals surface area contributed by atoms with E-state index in [4.69, 9.17) is 5.73 Å². The van der Waals surface area contributed by atoms with Crippen LogP contribution in [0.5, 0.6) is 0 Å². The Morgan fingerprint density at radius 2 is 2.31 bits per heavy atom. The zero-order valence-corrected chi connectivity index (χ0v) is 8.87. The molecule has 2 N–H and O–H groups in total. The van der Waals surface area contributed by atoms with Crippen LogP contribution >= 0.6 is 0 Å². The fourth-order valence-electron chi connectivity index (χ4n) is 2.08. The lowest BCUT2D eigenvalue weighted by atomic mass is 9.97. The van der Waals surface area contributed by atoms with Crippen LogP contribution in [-0.4, -0.2) is 30.1 Å². The van der Waals surface area contributed by atoms with Crippen molar-refractivity contribution in [3.63, 3.8) is 0 Å². The lowest BCUT2D eigenvalue weighted by Crippen LogP contribution is -2.49. The second-order valence-electron chi connectivity index (χ2n) is 3.99. The molecule has 2 atom stereocenters. The van der Waals surface area contributed by atoms with Gasteiger partial charge < -0.3 is 5.73 Å². The zero-order valence-electron chi connectivity index (χ0n) is 8.87. The first-order valence-electron chi connectivity index (χ1n) is 5.36. The fraction of sp³-hybridized carbons (Fsp3) is 0.818. The number of nitrogens with two attached hydrogens (primary N) is 1. The number of likely N-dealkylation sites (tertiary alicyclic amines) is 1. The highest BCUT2D eigenvalue weighted by Crippen LogP contribution is 2.18. The molecule has 0 aliphatic carbocycles. The Hall–Kier alpha value is -0.340. The van der Waals surface area contributed by atoms with Gasteiger partial charge in [-0.2, -0.15) is 0 Å². The van der Waals surface area contributed by atoms with E-state index >= 15 is 0 Å². The van der Waals surface area contributed by atoms with E-state index in [9.17, 15) is 0 Å². The summed E-state index contributed by atoms with van der Waals surface area (Å²) in [4.78, 5) is 2.51. The van der Waals surface area contributed by atoms with Gasteiger partial charge in [0.05, 0.1) is 0 Å². The van der Waals surface area contributed by atoms with Crippen molar-refractivity contribution in [3.8, 4) is 0 Å². The summed E-state index contributed by atoms with van der Waals surface area (Å²) in [5.74, 6) is 0. The summed E-state index contributed by atoms with van der Waals surface area (Å²) in [7, 11) is 0. The largest absolute Gasteiger partial charge is 0.327 e. The first kappa shape index (κ1) is 10.7. The van der Waals surface area contributed by atoms with Gasteiger partial charge in [-0.15, -0.1) is 0 Å². The van der Waals surface area contributed by atoms with E-state index in [1.54, 1.807) is 0 Å². The SMILES string of the molecule is C/C=C/CN1CCCCC1C(C)N. The number of rotatable bonds is 3. The molecule has 0 aromatic carbocycles. The molecule has 1 aliphatic heterocycles. The maximum atomic E-state index is 5.96. The van der Waals surface area contributed by atoms with Crippen LogP contribution in [0.4, 0.5) is 0 Å². The second kappa shape index (κ2) is 5.40. The van der Waals surface area contributed by atoms with Gasteiger partial charge in [-0.25, -0.2) is 0 Å². The Morgan fingerprint density at radius 1 is 1.54 bits per heavy atom. The van der Waals surface area contributed by atoms with Crippen molar-refractivity contribution < 1.29 is 0 Å². The molecule has 13 heavy (non-hydrogen) atoms. The van der Waals surface area contributed by atoms with Crippen LogP contribution in [-0.2, 0) is 0 Å². The maximum Gasteiger partial charge on any atom is 0.0247 e. The second-order valence-corrected chi connectivity index (χ2v) is 3.99. The Kier molecular flexibility index (Phi) is 4.46. The molecule has 76 valence electrons. The first-order valence-corrected chi connectivity index (χ1v) is 5.36. The van der Waals surface area contributed by atoms with Crippen LogP contribution in [0, 0.1) is 0 Å². The van der Waals surface area contributed by atoms with E-state index in [2.05, 4.69) is 30.9 Å². The summed E-state index contributed by atoms with van der Waals surface area (Å²) in [6.07, 6.45) is 8.29. The van der Waals surface area contributed by atoms with Crippen LogP contribution in [0.1, 0.15) is 33.1 Å². The minimum atomic E-state index is 0.311. The van der Waals surface area contributed by atoms with Crippen molar-refractivity contribution in [2.45, 2.75) is 45.2 Å².